The first-order chi connectivity index (χ1) is 6.97. The Bertz CT molecular complexity index is 429. The molecule has 0 amide bonds. The van der Waals surface area contributed by atoms with Crippen molar-refractivity contribution in [1.29, 1.82) is 0 Å². The van der Waals surface area contributed by atoms with Crippen molar-refractivity contribution in [3.05, 3.63) is 47.4 Å². The van der Waals surface area contributed by atoms with Crippen LogP contribution in [0.15, 0.2) is 41.8 Å². The lowest BCUT2D eigenvalue weighted by molar-refractivity contribution is 0.609. The van der Waals surface area contributed by atoms with Gasteiger partial charge in [-0.15, -0.1) is 12.4 Å². The predicted molar refractivity (Wildman–Crippen MR) is 69.4 cm³/mol. The summed E-state index contributed by atoms with van der Waals surface area (Å²) in [6.45, 7) is 0. The van der Waals surface area contributed by atoms with E-state index in [1.807, 2.05) is 30.3 Å². The lowest BCUT2D eigenvalue weighted by Gasteiger charge is -2.05. The molecule has 0 aliphatic rings. The summed E-state index contributed by atoms with van der Waals surface area (Å²) in [5.74, 6) is 0. The van der Waals surface area contributed by atoms with Crippen molar-refractivity contribution in [2.75, 3.05) is 6.26 Å². The van der Waals surface area contributed by atoms with Gasteiger partial charge in [-0.2, -0.15) is 0 Å². The number of hydrogen-bond donors (Lipinski definition) is 1. The topological polar surface area (TPSA) is 60.2 Å². The van der Waals surface area contributed by atoms with Crippen LogP contribution in [0, 0.1) is 0 Å². The first kappa shape index (κ1) is 15.2. The highest BCUT2D eigenvalue weighted by Gasteiger charge is 2.01. The standard InChI is InChI=1S/C11H15NO2S.ClH/c1-15(13,14)8-7-11(12)9-10-5-3-2-4-6-10;/h2-8,11H,9,12H2,1H3;1H/t11-;/m0./s1. The molecule has 1 aromatic rings. The molecule has 0 bridgehead atoms. The van der Waals surface area contributed by atoms with Gasteiger partial charge < -0.3 is 5.73 Å². The summed E-state index contributed by atoms with van der Waals surface area (Å²) in [7, 11) is -3.07. The van der Waals surface area contributed by atoms with E-state index in [0.29, 0.717) is 6.42 Å². The highest BCUT2D eigenvalue weighted by molar-refractivity contribution is 7.93. The molecule has 5 heteroatoms. The van der Waals surface area contributed by atoms with Gasteiger partial charge in [-0.25, -0.2) is 8.42 Å². The van der Waals surface area contributed by atoms with Gasteiger partial charge in [0.15, 0.2) is 9.84 Å². The van der Waals surface area contributed by atoms with Crippen molar-refractivity contribution in [1.82, 2.24) is 0 Å². The molecule has 2 N–H and O–H groups in total. The van der Waals surface area contributed by atoms with Crippen molar-refractivity contribution in [2.45, 2.75) is 12.5 Å². The molecule has 1 rings (SSSR count). The van der Waals surface area contributed by atoms with E-state index in [-0.39, 0.29) is 18.4 Å². The quantitative estimate of drug-likeness (QED) is 0.894. The summed E-state index contributed by atoms with van der Waals surface area (Å²) in [5.41, 5.74) is 6.86. The maximum absolute atomic E-state index is 10.8. The maximum Gasteiger partial charge on any atom is 0.168 e. The third-order valence-corrected chi connectivity index (χ3v) is 2.54. The van der Waals surface area contributed by atoms with Crippen molar-refractivity contribution in [2.24, 2.45) is 5.73 Å². The minimum atomic E-state index is -3.07. The van der Waals surface area contributed by atoms with Crippen LogP contribution in [-0.2, 0) is 16.3 Å². The van der Waals surface area contributed by atoms with Gasteiger partial charge in [0.05, 0.1) is 0 Å². The molecule has 0 aliphatic carbocycles. The van der Waals surface area contributed by atoms with Crippen LogP contribution in [0.1, 0.15) is 5.56 Å². The number of sulfone groups is 1. The smallest absolute Gasteiger partial charge is 0.168 e. The first-order valence-corrected chi connectivity index (χ1v) is 6.60. The molecule has 0 saturated heterocycles. The van der Waals surface area contributed by atoms with E-state index in [0.717, 1.165) is 17.2 Å². The molecule has 90 valence electrons. The van der Waals surface area contributed by atoms with Gasteiger partial charge in [0.1, 0.15) is 0 Å². The first-order valence-electron chi connectivity index (χ1n) is 4.65. The summed E-state index contributed by atoms with van der Waals surface area (Å²) in [5, 5.41) is 1.15. The molecule has 0 heterocycles. The highest BCUT2D eigenvalue weighted by Crippen LogP contribution is 2.02. The minimum Gasteiger partial charge on any atom is -0.324 e. The molecule has 1 atom stereocenters. The van der Waals surface area contributed by atoms with Crippen LogP contribution in [0.2, 0.25) is 0 Å². The van der Waals surface area contributed by atoms with Gasteiger partial charge in [-0.3, -0.25) is 0 Å². The van der Waals surface area contributed by atoms with Crippen LogP contribution in [0.5, 0.6) is 0 Å². The molecule has 0 unspecified atom stereocenters. The Balaban J connectivity index is 0.00000225. The zero-order valence-corrected chi connectivity index (χ0v) is 10.7. The van der Waals surface area contributed by atoms with Crippen LogP contribution in [-0.4, -0.2) is 20.7 Å². The second-order valence-corrected chi connectivity index (χ2v) is 5.44. The third-order valence-electron chi connectivity index (χ3n) is 1.89. The highest BCUT2D eigenvalue weighted by atomic mass is 35.5. The zero-order valence-electron chi connectivity index (χ0n) is 9.04. The SMILES string of the molecule is CS(=O)(=O)C=C[C@H](N)Cc1ccccc1.Cl. The average molecular weight is 262 g/mol. The van der Waals surface area contributed by atoms with E-state index >= 15 is 0 Å². The molecule has 0 aromatic heterocycles. The Kier molecular flexibility index (Phi) is 6.33. The van der Waals surface area contributed by atoms with Crippen LogP contribution in [0.4, 0.5) is 0 Å². The Hall–Kier alpha value is -0.840. The Morgan fingerprint density at radius 2 is 1.88 bits per heavy atom. The van der Waals surface area contributed by atoms with Crippen molar-refractivity contribution in [3.63, 3.8) is 0 Å². The number of benzene rings is 1. The number of nitrogens with two attached hydrogens (primary N) is 1. The van der Waals surface area contributed by atoms with Crippen LogP contribution < -0.4 is 5.73 Å². The lowest BCUT2D eigenvalue weighted by Crippen LogP contribution is -2.20. The Morgan fingerprint density at radius 3 is 2.38 bits per heavy atom. The molecule has 3 nitrogen and oxygen atoms in total. The summed E-state index contributed by atoms with van der Waals surface area (Å²) in [4.78, 5) is 0. The second-order valence-electron chi connectivity index (χ2n) is 3.51. The van der Waals surface area contributed by atoms with Crippen molar-refractivity contribution >= 4 is 22.2 Å². The normalized spacial score (nSPS) is 13.4. The number of halogens is 1. The van der Waals surface area contributed by atoms with Crippen LogP contribution in [0.25, 0.3) is 0 Å². The molecule has 0 radical (unpaired) electrons. The van der Waals surface area contributed by atoms with Crippen molar-refractivity contribution in [3.8, 4) is 0 Å². The number of hydrogen-bond acceptors (Lipinski definition) is 3. The van der Waals surface area contributed by atoms with Crippen molar-refractivity contribution < 1.29 is 8.42 Å². The van der Waals surface area contributed by atoms with Gasteiger partial charge in [0, 0.05) is 17.7 Å². The van der Waals surface area contributed by atoms with E-state index in [1.165, 1.54) is 6.08 Å². The van der Waals surface area contributed by atoms with E-state index in [4.69, 9.17) is 5.73 Å². The van der Waals surface area contributed by atoms with Gasteiger partial charge in [0.25, 0.3) is 0 Å². The van der Waals surface area contributed by atoms with E-state index in [9.17, 15) is 8.42 Å². The Morgan fingerprint density at radius 1 is 1.31 bits per heavy atom. The molecule has 1 aromatic carbocycles. The zero-order chi connectivity index (χ0) is 11.3. The molecule has 0 saturated carbocycles. The maximum atomic E-state index is 10.8. The summed E-state index contributed by atoms with van der Waals surface area (Å²) < 4.78 is 21.7. The molecule has 0 aliphatic heterocycles. The minimum absolute atomic E-state index is 0. The third kappa shape index (κ3) is 6.61. The largest absolute Gasteiger partial charge is 0.324 e. The number of rotatable bonds is 4. The summed E-state index contributed by atoms with van der Waals surface area (Å²) >= 11 is 0. The summed E-state index contributed by atoms with van der Waals surface area (Å²) in [6.07, 6.45) is 3.31. The van der Waals surface area contributed by atoms with Gasteiger partial charge in [-0.05, 0) is 12.0 Å². The van der Waals surface area contributed by atoms with Crippen LogP contribution >= 0.6 is 12.4 Å². The molecule has 16 heavy (non-hydrogen) atoms. The predicted octanol–water partition coefficient (Wildman–Crippen LogP) is 1.54. The average Bonchev–Trinajstić information content (AvgIpc) is 2.15. The molecule has 0 fully saturated rings. The van der Waals surface area contributed by atoms with Gasteiger partial charge in [0.2, 0.25) is 0 Å². The molecular weight excluding hydrogens is 246 g/mol. The molecular formula is C11H16ClNO2S. The van der Waals surface area contributed by atoms with Crippen LogP contribution in [0.3, 0.4) is 0 Å². The fourth-order valence-electron chi connectivity index (χ4n) is 1.20. The monoisotopic (exact) mass is 261 g/mol. The fourth-order valence-corrected chi connectivity index (χ4v) is 1.69. The van der Waals surface area contributed by atoms with E-state index < -0.39 is 9.84 Å². The second kappa shape index (κ2) is 6.68. The Labute approximate surface area is 103 Å². The lowest BCUT2D eigenvalue weighted by atomic mass is 10.1. The van der Waals surface area contributed by atoms with Gasteiger partial charge in [-0.1, -0.05) is 36.4 Å². The summed E-state index contributed by atoms with van der Waals surface area (Å²) in [6, 6.07) is 9.47. The van der Waals surface area contributed by atoms with Gasteiger partial charge >= 0.3 is 0 Å². The van der Waals surface area contributed by atoms with E-state index in [1.54, 1.807) is 0 Å². The van der Waals surface area contributed by atoms with E-state index in [2.05, 4.69) is 0 Å². The molecule has 0 spiro atoms. The fraction of sp³-hybridized carbons (Fsp3) is 0.273.